The first-order chi connectivity index (χ1) is 9.83. The molecule has 1 saturated carbocycles. The quantitative estimate of drug-likeness (QED) is 0.530. The Hall–Kier alpha value is -0.770. The number of rotatable bonds is 4. The van der Waals surface area contributed by atoms with Crippen LogP contribution in [0.3, 0.4) is 0 Å². The summed E-state index contributed by atoms with van der Waals surface area (Å²) >= 11 is 6.50. The van der Waals surface area contributed by atoms with Gasteiger partial charge in [0.05, 0.1) is 0 Å². The second-order valence-corrected chi connectivity index (χ2v) is 8.60. The summed E-state index contributed by atoms with van der Waals surface area (Å²) in [6, 6.07) is 0. The van der Waals surface area contributed by atoms with E-state index in [1.54, 1.807) is 52.5 Å². The first-order valence-corrected chi connectivity index (χ1v) is 9.67. The van der Waals surface area contributed by atoms with Crippen LogP contribution in [0.2, 0.25) is 0 Å². The highest BCUT2D eigenvalue weighted by Gasteiger charge is 2.27. The second-order valence-electron chi connectivity index (χ2n) is 4.30. The monoisotopic (exact) mass is 339 g/mol. The largest absolute Gasteiger partial charge is 0.228 e. The van der Waals surface area contributed by atoms with Crippen LogP contribution in [0.4, 0.5) is 0 Å². The molecule has 0 radical (unpaired) electrons. The molecule has 4 rings (SSSR count). The summed E-state index contributed by atoms with van der Waals surface area (Å²) in [6.45, 7) is 0. The lowest BCUT2D eigenvalue weighted by Gasteiger charge is -1.95. The van der Waals surface area contributed by atoms with Gasteiger partial charge in [-0.15, -0.1) is 21.5 Å². The maximum absolute atomic E-state index is 4.46. The molecule has 20 heavy (non-hydrogen) atoms. The molecular formula is C11H9N5S4. The number of thiazole rings is 1. The normalized spacial score (nSPS) is 15.1. The van der Waals surface area contributed by atoms with Gasteiger partial charge in [-0.25, -0.2) is 15.0 Å². The molecule has 1 fully saturated rings. The van der Waals surface area contributed by atoms with Crippen molar-refractivity contribution >= 4 is 56.5 Å². The van der Waals surface area contributed by atoms with E-state index in [1.807, 2.05) is 6.26 Å². The Labute approximate surface area is 131 Å². The summed E-state index contributed by atoms with van der Waals surface area (Å²) in [7, 11) is 0. The van der Waals surface area contributed by atoms with Crippen molar-refractivity contribution in [3.05, 3.63) is 11.3 Å². The van der Waals surface area contributed by atoms with E-state index in [9.17, 15) is 0 Å². The molecule has 0 unspecified atom stereocenters. The van der Waals surface area contributed by atoms with Gasteiger partial charge in [-0.1, -0.05) is 23.1 Å². The number of aromatic nitrogens is 5. The maximum Gasteiger partial charge on any atom is 0.180 e. The highest BCUT2D eigenvalue weighted by Crippen LogP contribution is 2.44. The van der Waals surface area contributed by atoms with E-state index in [0.29, 0.717) is 5.92 Å². The molecule has 5 nitrogen and oxygen atoms in total. The van der Waals surface area contributed by atoms with Crippen LogP contribution >= 0.6 is 46.2 Å². The molecule has 0 aliphatic heterocycles. The van der Waals surface area contributed by atoms with Gasteiger partial charge in [-0.05, 0) is 30.9 Å². The molecular weight excluding hydrogens is 330 g/mol. The van der Waals surface area contributed by atoms with Crippen molar-refractivity contribution < 1.29 is 0 Å². The summed E-state index contributed by atoms with van der Waals surface area (Å²) in [6.07, 6.45) is 6.09. The van der Waals surface area contributed by atoms with Gasteiger partial charge in [0.25, 0.3) is 0 Å². The van der Waals surface area contributed by atoms with Gasteiger partial charge in [-0.2, -0.15) is 0 Å². The third kappa shape index (κ3) is 2.43. The number of hydrogen-bond acceptors (Lipinski definition) is 9. The van der Waals surface area contributed by atoms with Crippen molar-refractivity contribution in [3.63, 3.8) is 0 Å². The zero-order chi connectivity index (χ0) is 13.5. The molecule has 0 saturated heterocycles. The van der Waals surface area contributed by atoms with Gasteiger partial charge < -0.3 is 0 Å². The fraction of sp³-hybridized carbons (Fsp3) is 0.364. The zero-order valence-electron chi connectivity index (χ0n) is 10.4. The molecule has 3 heterocycles. The summed E-state index contributed by atoms with van der Waals surface area (Å²) in [5.41, 5.74) is 0.767. The highest BCUT2D eigenvalue weighted by molar-refractivity contribution is 8.01. The second kappa shape index (κ2) is 5.21. The Bertz CT molecular complexity index is 763. The number of thioether (sulfide) groups is 1. The summed E-state index contributed by atoms with van der Waals surface area (Å²) in [4.78, 5) is 13.1. The number of hydrogen-bond donors (Lipinski definition) is 0. The van der Waals surface area contributed by atoms with E-state index in [4.69, 9.17) is 0 Å². The number of fused-ring (bicyclic) bond motifs is 1. The van der Waals surface area contributed by atoms with Crippen LogP contribution in [-0.2, 0) is 0 Å². The van der Waals surface area contributed by atoms with E-state index >= 15 is 0 Å². The van der Waals surface area contributed by atoms with E-state index < -0.39 is 0 Å². The minimum atomic E-state index is 0.652. The molecule has 3 aromatic rings. The average Bonchev–Trinajstić information content (AvgIpc) is 3.05. The van der Waals surface area contributed by atoms with Crippen molar-refractivity contribution in [2.75, 3.05) is 6.26 Å². The first-order valence-electron chi connectivity index (χ1n) is 6.00. The van der Waals surface area contributed by atoms with Gasteiger partial charge in [0.2, 0.25) is 0 Å². The SMILES string of the molecule is CSc1nc2ncnc(Sc3nnc(C4CC4)s3)c2s1. The fourth-order valence-electron chi connectivity index (χ4n) is 1.71. The molecule has 3 aromatic heterocycles. The molecule has 0 amide bonds. The predicted molar refractivity (Wildman–Crippen MR) is 83.0 cm³/mol. The van der Waals surface area contributed by atoms with E-state index in [1.165, 1.54) is 12.8 Å². The molecule has 0 bridgehead atoms. The standard InChI is InChI=1S/C11H9N5S4/c1-17-10-14-7-6(18-10)9(13-4-12-7)20-11-16-15-8(19-11)5-2-3-5/h4-5H,2-3H2,1H3. The molecule has 102 valence electrons. The molecule has 0 aromatic carbocycles. The Kier molecular flexibility index (Phi) is 3.37. The van der Waals surface area contributed by atoms with Gasteiger partial charge in [0, 0.05) is 5.92 Å². The van der Waals surface area contributed by atoms with Crippen molar-refractivity contribution in [1.29, 1.82) is 0 Å². The Morgan fingerprint density at radius 1 is 1.15 bits per heavy atom. The summed E-state index contributed by atoms with van der Waals surface area (Å²) in [5, 5.41) is 10.6. The lowest BCUT2D eigenvalue weighted by Crippen LogP contribution is -1.83. The third-order valence-electron chi connectivity index (χ3n) is 2.85. The predicted octanol–water partition coefficient (Wildman–Crippen LogP) is 3.69. The lowest BCUT2D eigenvalue weighted by atomic mass is 10.5. The van der Waals surface area contributed by atoms with Crippen molar-refractivity contribution in [2.24, 2.45) is 0 Å². The van der Waals surface area contributed by atoms with Crippen LogP contribution in [0.1, 0.15) is 23.8 Å². The van der Waals surface area contributed by atoms with Crippen LogP contribution < -0.4 is 0 Å². The van der Waals surface area contributed by atoms with Crippen LogP contribution in [0.15, 0.2) is 20.0 Å². The molecule has 0 N–H and O–H groups in total. The van der Waals surface area contributed by atoms with Gasteiger partial charge in [0.15, 0.2) is 14.3 Å². The minimum Gasteiger partial charge on any atom is -0.228 e. The van der Waals surface area contributed by atoms with Crippen molar-refractivity contribution in [3.8, 4) is 0 Å². The summed E-state index contributed by atoms with van der Waals surface area (Å²) in [5.74, 6) is 0.652. The first kappa shape index (κ1) is 12.9. The third-order valence-corrected chi connectivity index (χ3v) is 7.15. The smallest absolute Gasteiger partial charge is 0.180 e. The Balaban J connectivity index is 1.68. The molecule has 0 atom stereocenters. The van der Waals surface area contributed by atoms with Crippen LogP contribution in [0.25, 0.3) is 10.3 Å². The van der Waals surface area contributed by atoms with Crippen molar-refractivity contribution in [2.45, 2.75) is 32.5 Å². The Morgan fingerprint density at radius 3 is 2.85 bits per heavy atom. The van der Waals surface area contributed by atoms with Crippen LogP contribution in [-0.4, -0.2) is 31.4 Å². The van der Waals surface area contributed by atoms with Gasteiger partial charge in [0.1, 0.15) is 21.1 Å². The van der Waals surface area contributed by atoms with Gasteiger partial charge in [-0.3, -0.25) is 0 Å². The fourth-order valence-corrected chi connectivity index (χ4v) is 5.30. The molecule has 9 heteroatoms. The van der Waals surface area contributed by atoms with Crippen LogP contribution in [0, 0.1) is 0 Å². The lowest BCUT2D eigenvalue weighted by molar-refractivity contribution is 0.936. The van der Waals surface area contributed by atoms with Crippen molar-refractivity contribution in [1.82, 2.24) is 25.1 Å². The van der Waals surface area contributed by atoms with Gasteiger partial charge >= 0.3 is 0 Å². The highest BCUT2D eigenvalue weighted by atomic mass is 32.2. The minimum absolute atomic E-state index is 0.652. The van der Waals surface area contributed by atoms with E-state index in [2.05, 4.69) is 25.1 Å². The maximum atomic E-state index is 4.46. The van der Waals surface area contributed by atoms with Crippen LogP contribution in [0.5, 0.6) is 0 Å². The summed E-state index contributed by atoms with van der Waals surface area (Å²) < 4.78 is 2.99. The molecule has 0 spiro atoms. The molecule has 1 aliphatic rings. The average molecular weight is 339 g/mol. The Morgan fingerprint density at radius 2 is 2.05 bits per heavy atom. The number of nitrogens with zero attached hydrogens (tertiary/aromatic N) is 5. The topological polar surface area (TPSA) is 64.5 Å². The molecule has 1 aliphatic carbocycles. The van der Waals surface area contributed by atoms with E-state index in [-0.39, 0.29) is 0 Å². The van der Waals surface area contributed by atoms with E-state index in [0.717, 1.165) is 29.1 Å². The zero-order valence-corrected chi connectivity index (χ0v) is 13.7.